The molecule has 0 spiro atoms. The minimum Gasteiger partial charge on any atom is -0.483 e. The lowest BCUT2D eigenvalue weighted by Gasteiger charge is -2.09. The third-order valence-corrected chi connectivity index (χ3v) is 4.40. The first kappa shape index (κ1) is 21.4. The molecule has 31 heavy (non-hydrogen) atoms. The van der Waals surface area contributed by atoms with Crippen LogP contribution in [0, 0.1) is 12.7 Å². The molecule has 2 heterocycles. The zero-order chi connectivity index (χ0) is 22.4. The number of carbonyl (C=O) groups excluding carboxylic acids is 1. The van der Waals surface area contributed by atoms with E-state index in [4.69, 9.17) is 9.90 Å². The third kappa shape index (κ3) is 5.21. The lowest BCUT2D eigenvalue weighted by Crippen LogP contribution is -2.12. The molecular formula is C22H20FN5O3. The number of aromatic nitrogens is 4. The highest BCUT2D eigenvalue weighted by Crippen LogP contribution is 2.21. The summed E-state index contributed by atoms with van der Waals surface area (Å²) in [6.07, 6.45) is 5.37. The van der Waals surface area contributed by atoms with Gasteiger partial charge in [-0.3, -0.25) is 14.3 Å². The quantitative estimate of drug-likeness (QED) is 0.490. The van der Waals surface area contributed by atoms with Gasteiger partial charge in [0.2, 0.25) is 0 Å². The molecule has 9 heteroatoms. The molecule has 0 radical (unpaired) electrons. The number of benzene rings is 2. The second-order valence-electron chi connectivity index (χ2n) is 6.55. The second-order valence-corrected chi connectivity index (χ2v) is 6.55. The summed E-state index contributed by atoms with van der Waals surface area (Å²) in [5.41, 5.74) is 2.95. The van der Waals surface area contributed by atoms with E-state index in [0.29, 0.717) is 16.9 Å². The fraction of sp³-hybridized carbons (Fsp3) is 0.0909. The summed E-state index contributed by atoms with van der Waals surface area (Å²) in [5.74, 6) is 0.000994. The van der Waals surface area contributed by atoms with E-state index in [0.717, 1.165) is 11.5 Å². The van der Waals surface area contributed by atoms with Crippen LogP contribution in [-0.4, -0.2) is 36.8 Å². The summed E-state index contributed by atoms with van der Waals surface area (Å²) in [6, 6.07) is 13.3. The van der Waals surface area contributed by atoms with E-state index in [1.54, 1.807) is 48.4 Å². The van der Waals surface area contributed by atoms with Gasteiger partial charge in [-0.1, -0.05) is 0 Å². The van der Waals surface area contributed by atoms with Gasteiger partial charge in [-0.25, -0.2) is 9.37 Å². The molecule has 0 fully saturated rings. The third-order valence-electron chi connectivity index (χ3n) is 4.40. The van der Waals surface area contributed by atoms with Crippen molar-refractivity contribution in [3.63, 3.8) is 0 Å². The van der Waals surface area contributed by atoms with Crippen molar-refractivity contribution in [1.82, 2.24) is 19.3 Å². The van der Waals surface area contributed by atoms with E-state index in [1.807, 2.05) is 29.8 Å². The van der Waals surface area contributed by atoms with Crippen molar-refractivity contribution in [3.05, 3.63) is 84.3 Å². The number of hydrogen-bond donors (Lipinski definition) is 2. The number of hydrogen-bond acceptors (Lipinski definition) is 4. The standard InChI is InChI=1S/C21H18FN5O.CH2O2/c1-14-23-8-10-27(14)19-5-3-18(4-6-19)24-21(28)16-11-15(12-17(22)13-16)20-7-9-26(2)25-20;2-1-3/h3-13H,1-2H3,(H,24,28);1H,(H,2,3). The topological polar surface area (TPSA) is 102 Å². The van der Waals surface area contributed by atoms with E-state index in [-0.39, 0.29) is 17.9 Å². The van der Waals surface area contributed by atoms with E-state index in [2.05, 4.69) is 15.4 Å². The van der Waals surface area contributed by atoms with Crippen LogP contribution in [-0.2, 0) is 11.8 Å². The highest BCUT2D eigenvalue weighted by atomic mass is 19.1. The Morgan fingerprint density at radius 1 is 1.13 bits per heavy atom. The molecule has 0 unspecified atom stereocenters. The minimum absolute atomic E-state index is 0.232. The summed E-state index contributed by atoms with van der Waals surface area (Å²) in [6.45, 7) is 1.67. The molecule has 2 aromatic heterocycles. The molecule has 2 N–H and O–H groups in total. The van der Waals surface area contributed by atoms with Crippen molar-refractivity contribution in [1.29, 1.82) is 0 Å². The number of carbonyl (C=O) groups is 2. The summed E-state index contributed by atoms with van der Waals surface area (Å²) in [4.78, 5) is 25.2. The van der Waals surface area contributed by atoms with Crippen molar-refractivity contribution in [2.24, 2.45) is 7.05 Å². The van der Waals surface area contributed by atoms with Gasteiger partial charge >= 0.3 is 0 Å². The summed E-state index contributed by atoms with van der Waals surface area (Å²) in [5, 5.41) is 13.9. The molecule has 1 amide bonds. The number of anilines is 1. The van der Waals surface area contributed by atoms with Gasteiger partial charge < -0.3 is 15.0 Å². The van der Waals surface area contributed by atoms with Crippen LogP contribution in [0.4, 0.5) is 10.1 Å². The number of nitrogens with zero attached hydrogens (tertiary/aromatic N) is 4. The first-order chi connectivity index (χ1) is 14.9. The Hall–Kier alpha value is -4.27. The van der Waals surface area contributed by atoms with E-state index in [1.165, 1.54) is 12.1 Å². The van der Waals surface area contributed by atoms with Gasteiger partial charge in [0, 0.05) is 48.1 Å². The Bertz CT molecular complexity index is 1200. The van der Waals surface area contributed by atoms with Crippen molar-refractivity contribution >= 4 is 18.1 Å². The molecule has 0 saturated carbocycles. The molecule has 0 atom stereocenters. The van der Waals surface area contributed by atoms with Gasteiger partial charge in [0.1, 0.15) is 11.6 Å². The maximum Gasteiger partial charge on any atom is 0.290 e. The first-order valence-corrected chi connectivity index (χ1v) is 9.21. The van der Waals surface area contributed by atoms with Gasteiger partial charge in [0.25, 0.3) is 12.4 Å². The van der Waals surface area contributed by atoms with E-state index in [9.17, 15) is 9.18 Å². The predicted molar refractivity (Wildman–Crippen MR) is 114 cm³/mol. The molecule has 0 saturated heterocycles. The van der Waals surface area contributed by atoms with Crippen LogP contribution >= 0.6 is 0 Å². The minimum atomic E-state index is -0.487. The Balaban J connectivity index is 0.000000858. The molecule has 0 bridgehead atoms. The molecule has 8 nitrogen and oxygen atoms in total. The fourth-order valence-corrected chi connectivity index (χ4v) is 3.00. The van der Waals surface area contributed by atoms with E-state index >= 15 is 0 Å². The number of carboxylic acid groups (broad SMARTS) is 1. The Labute approximate surface area is 177 Å². The smallest absolute Gasteiger partial charge is 0.290 e. The second kappa shape index (κ2) is 9.49. The number of amides is 1. The molecule has 0 aliphatic heterocycles. The zero-order valence-electron chi connectivity index (χ0n) is 16.9. The van der Waals surface area contributed by atoms with Crippen LogP contribution in [0.3, 0.4) is 0 Å². The molecule has 4 aromatic rings. The lowest BCUT2D eigenvalue weighted by atomic mass is 10.1. The van der Waals surface area contributed by atoms with Crippen LogP contribution in [0.15, 0.2) is 67.1 Å². The van der Waals surface area contributed by atoms with Gasteiger partial charge in [-0.15, -0.1) is 0 Å². The monoisotopic (exact) mass is 421 g/mol. The molecular weight excluding hydrogens is 401 g/mol. The average Bonchev–Trinajstić information content (AvgIpc) is 3.37. The Morgan fingerprint density at radius 3 is 2.42 bits per heavy atom. The van der Waals surface area contributed by atoms with Gasteiger partial charge in [0.15, 0.2) is 0 Å². The van der Waals surface area contributed by atoms with Crippen LogP contribution < -0.4 is 5.32 Å². The van der Waals surface area contributed by atoms with Crippen molar-refractivity contribution in [2.75, 3.05) is 5.32 Å². The van der Waals surface area contributed by atoms with Gasteiger partial charge in [0.05, 0.1) is 5.69 Å². The molecule has 0 aliphatic rings. The number of nitrogens with one attached hydrogen (secondary N) is 1. The highest BCUT2D eigenvalue weighted by Gasteiger charge is 2.12. The normalized spacial score (nSPS) is 10.2. The average molecular weight is 421 g/mol. The number of rotatable bonds is 4. The maximum atomic E-state index is 14.0. The number of aryl methyl sites for hydroxylation is 2. The van der Waals surface area contributed by atoms with Crippen molar-refractivity contribution in [3.8, 4) is 16.9 Å². The highest BCUT2D eigenvalue weighted by molar-refractivity contribution is 6.05. The number of imidazole rings is 1. The largest absolute Gasteiger partial charge is 0.483 e. The molecule has 2 aromatic carbocycles. The summed E-state index contributed by atoms with van der Waals surface area (Å²) < 4.78 is 17.6. The lowest BCUT2D eigenvalue weighted by molar-refractivity contribution is -0.122. The molecule has 4 rings (SSSR count). The predicted octanol–water partition coefficient (Wildman–Crippen LogP) is 3.67. The van der Waals surface area contributed by atoms with Crippen molar-refractivity contribution < 1.29 is 19.1 Å². The van der Waals surface area contributed by atoms with Gasteiger partial charge in [-0.05, 0) is 55.5 Å². The molecule has 0 aliphatic carbocycles. The Morgan fingerprint density at radius 2 is 1.84 bits per heavy atom. The van der Waals surface area contributed by atoms with E-state index < -0.39 is 5.82 Å². The SMILES string of the molecule is Cc1nccn1-c1ccc(NC(=O)c2cc(F)cc(-c3ccn(C)n3)c2)cc1.O=CO. The van der Waals surface area contributed by atoms with Gasteiger partial charge in [-0.2, -0.15) is 5.10 Å². The number of halogens is 1. The van der Waals surface area contributed by atoms with Crippen LogP contribution in [0.1, 0.15) is 16.2 Å². The van der Waals surface area contributed by atoms with Crippen molar-refractivity contribution in [2.45, 2.75) is 6.92 Å². The Kier molecular flexibility index (Phi) is 6.56. The van der Waals surface area contributed by atoms with Crippen LogP contribution in [0.5, 0.6) is 0 Å². The zero-order valence-corrected chi connectivity index (χ0v) is 16.9. The summed E-state index contributed by atoms with van der Waals surface area (Å²) in [7, 11) is 1.78. The van der Waals surface area contributed by atoms with Crippen LogP contribution in [0.2, 0.25) is 0 Å². The summed E-state index contributed by atoms with van der Waals surface area (Å²) >= 11 is 0. The van der Waals surface area contributed by atoms with Crippen LogP contribution in [0.25, 0.3) is 16.9 Å². The molecule has 158 valence electrons. The first-order valence-electron chi connectivity index (χ1n) is 9.21. The fourth-order valence-electron chi connectivity index (χ4n) is 3.00. The maximum absolute atomic E-state index is 14.0.